The minimum Gasteiger partial charge on any atom is -0.350 e. The Morgan fingerprint density at radius 1 is 1.12 bits per heavy atom. The second-order valence-corrected chi connectivity index (χ2v) is 8.71. The Morgan fingerprint density at radius 2 is 1.80 bits per heavy atom. The van der Waals surface area contributed by atoms with Gasteiger partial charge >= 0.3 is 0 Å². The first-order valence-corrected chi connectivity index (χ1v) is 9.28. The summed E-state index contributed by atoms with van der Waals surface area (Å²) in [5.41, 5.74) is 2.78. The number of carbonyl (C=O) groups is 2. The average Bonchev–Trinajstić information content (AvgIpc) is 3.04. The van der Waals surface area contributed by atoms with Gasteiger partial charge in [-0.25, -0.2) is 0 Å². The van der Waals surface area contributed by atoms with Gasteiger partial charge in [-0.2, -0.15) is 0 Å². The van der Waals surface area contributed by atoms with Crippen LogP contribution in [-0.2, 0) is 11.3 Å². The van der Waals surface area contributed by atoms with Crippen LogP contribution < -0.4 is 5.32 Å². The van der Waals surface area contributed by atoms with Gasteiger partial charge in [-0.1, -0.05) is 48.5 Å². The number of nitrogens with one attached hydrogen (secondary N) is 1. The number of hydrogen-bond donors (Lipinski definition) is 1. The molecule has 1 fully saturated rings. The molecule has 0 bridgehead atoms. The van der Waals surface area contributed by atoms with Crippen molar-refractivity contribution in [2.75, 3.05) is 0 Å². The quantitative estimate of drug-likeness (QED) is 0.922. The number of hydrogen-bond acceptors (Lipinski definition) is 3. The van der Waals surface area contributed by atoms with Crippen molar-refractivity contribution in [1.82, 2.24) is 10.2 Å². The molecule has 1 saturated heterocycles. The average molecular weight is 352 g/mol. The Bertz CT molecular complexity index is 835. The molecule has 2 aliphatic rings. The molecule has 0 saturated carbocycles. The molecule has 2 amide bonds. The number of rotatable bonds is 3. The van der Waals surface area contributed by atoms with Crippen LogP contribution in [0.5, 0.6) is 0 Å². The summed E-state index contributed by atoms with van der Waals surface area (Å²) in [6.45, 7) is 4.55. The summed E-state index contributed by atoms with van der Waals surface area (Å²) in [4.78, 5) is 27.6. The second-order valence-electron chi connectivity index (χ2n) is 6.98. The highest BCUT2D eigenvalue weighted by Crippen LogP contribution is 2.56. The zero-order valence-corrected chi connectivity index (χ0v) is 15.0. The first-order valence-electron chi connectivity index (χ1n) is 8.40. The van der Waals surface area contributed by atoms with Crippen molar-refractivity contribution < 1.29 is 9.59 Å². The molecule has 25 heavy (non-hydrogen) atoms. The standard InChI is InChI=1S/C20H20N2O2S/c1-20(2)16(17(23)21-12-13-8-4-3-5-9-13)22-18(24)14-10-6-7-11-15(14)19(22)25-20/h3-11,16,19H,12H2,1-2H3,(H,21,23)/t16-,19-/m0/s1. The van der Waals surface area contributed by atoms with E-state index in [9.17, 15) is 9.59 Å². The van der Waals surface area contributed by atoms with E-state index in [1.54, 1.807) is 16.7 Å². The lowest BCUT2D eigenvalue weighted by Gasteiger charge is -2.29. The maximum Gasteiger partial charge on any atom is 0.256 e. The molecular weight excluding hydrogens is 332 g/mol. The Labute approximate surface area is 151 Å². The first kappa shape index (κ1) is 16.2. The smallest absolute Gasteiger partial charge is 0.256 e. The van der Waals surface area contributed by atoms with Crippen molar-refractivity contribution in [3.8, 4) is 0 Å². The van der Waals surface area contributed by atoms with Gasteiger partial charge in [-0.05, 0) is 31.0 Å². The van der Waals surface area contributed by atoms with Crippen LogP contribution in [0.4, 0.5) is 0 Å². The number of nitrogens with zero attached hydrogens (tertiary/aromatic N) is 1. The van der Waals surface area contributed by atoms with E-state index in [2.05, 4.69) is 5.32 Å². The van der Waals surface area contributed by atoms with Crippen molar-refractivity contribution >= 4 is 23.6 Å². The molecule has 1 N–H and O–H groups in total. The highest BCUT2D eigenvalue weighted by Gasteiger charge is 2.57. The Hall–Kier alpha value is -2.27. The minimum atomic E-state index is -0.480. The van der Waals surface area contributed by atoms with Gasteiger partial charge in [0.1, 0.15) is 11.4 Å². The molecule has 0 radical (unpaired) electrons. The van der Waals surface area contributed by atoms with E-state index in [-0.39, 0.29) is 21.9 Å². The lowest BCUT2D eigenvalue weighted by atomic mass is 10.0. The lowest BCUT2D eigenvalue weighted by molar-refractivity contribution is -0.126. The Balaban J connectivity index is 1.59. The van der Waals surface area contributed by atoms with Gasteiger partial charge in [0.05, 0.1) is 0 Å². The van der Waals surface area contributed by atoms with Crippen LogP contribution in [0, 0.1) is 0 Å². The van der Waals surface area contributed by atoms with E-state index < -0.39 is 6.04 Å². The molecule has 2 heterocycles. The molecule has 4 nitrogen and oxygen atoms in total. The zero-order valence-electron chi connectivity index (χ0n) is 14.2. The van der Waals surface area contributed by atoms with Crippen LogP contribution in [0.25, 0.3) is 0 Å². The molecule has 2 aliphatic heterocycles. The van der Waals surface area contributed by atoms with E-state index >= 15 is 0 Å². The molecule has 2 aromatic rings. The molecule has 2 atom stereocenters. The van der Waals surface area contributed by atoms with Crippen LogP contribution in [0.15, 0.2) is 54.6 Å². The summed E-state index contributed by atoms with van der Waals surface area (Å²) in [6, 6.07) is 17.0. The molecule has 128 valence electrons. The van der Waals surface area contributed by atoms with Crippen molar-refractivity contribution in [2.45, 2.75) is 36.6 Å². The summed E-state index contributed by atoms with van der Waals surface area (Å²) in [5, 5.41) is 2.93. The number of amides is 2. The van der Waals surface area contributed by atoms with Crippen LogP contribution in [0.3, 0.4) is 0 Å². The fourth-order valence-electron chi connectivity index (χ4n) is 3.69. The Kier molecular flexibility index (Phi) is 3.84. The third-order valence-electron chi connectivity index (χ3n) is 4.85. The second kappa shape index (κ2) is 5.92. The van der Waals surface area contributed by atoms with Crippen LogP contribution in [0.1, 0.15) is 40.7 Å². The van der Waals surface area contributed by atoms with Gasteiger partial charge in [0.2, 0.25) is 5.91 Å². The summed E-state index contributed by atoms with van der Waals surface area (Å²) >= 11 is 1.69. The molecule has 0 aromatic heterocycles. The van der Waals surface area contributed by atoms with E-state index in [0.717, 1.165) is 16.7 Å². The van der Waals surface area contributed by atoms with Crippen molar-refractivity contribution in [3.63, 3.8) is 0 Å². The fraction of sp³-hybridized carbons (Fsp3) is 0.300. The van der Waals surface area contributed by atoms with Gasteiger partial charge in [-0.3, -0.25) is 9.59 Å². The molecule has 0 unspecified atom stereocenters. The molecule has 0 spiro atoms. The number of benzene rings is 2. The third kappa shape index (κ3) is 2.63. The van der Waals surface area contributed by atoms with Gasteiger partial charge < -0.3 is 10.2 Å². The van der Waals surface area contributed by atoms with Crippen LogP contribution >= 0.6 is 11.8 Å². The van der Waals surface area contributed by atoms with E-state index in [4.69, 9.17) is 0 Å². The van der Waals surface area contributed by atoms with Gasteiger partial charge in [0.25, 0.3) is 5.91 Å². The molecule has 2 aromatic carbocycles. The minimum absolute atomic E-state index is 0.0430. The van der Waals surface area contributed by atoms with E-state index in [0.29, 0.717) is 6.54 Å². The predicted octanol–water partition coefficient (Wildman–Crippen LogP) is 3.35. The van der Waals surface area contributed by atoms with Crippen molar-refractivity contribution in [2.24, 2.45) is 0 Å². The summed E-state index contributed by atoms with van der Waals surface area (Å²) < 4.78 is -0.339. The fourth-order valence-corrected chi connectivity index (χ4v) is 5.27. The van der Waals surface area contributed by atoms with Gasteiger partial charge in [-0.15, -0.1) is 11.8 Å². The van der Waals surface area contributed by atoms with Crippen molar-refractivity contribution in [3.05, 3.63) is 71.3 Å². The van der Waals surface area contributed by atoms with E-state index in [1.807, 2.05) is 68.4 Å². The number of carbonyl (C=O) groups excluding carboxylic acids is 2. The number of fused-ring (bicyclic) bond motifs is 3. The highest BCUT2D eigenvalue weighted by atomic mass is 32.2. The molecular formula is C20H20N2O2S. The highest BCUT2D eigenvalue weighted by molar-refractivity contribution is 8.01. The predicted molar refractivity (Wildman–Crippen MR) is 99.1 cm³/mol. The largest absolute Gasteiger partial charge is 0.350 e. The van der Waals surface area contributed by atoms with E-state index in [1.165, 1.54) is 0 Å². The lowest BCUT2D eigenvalue weighted by Crippen LogP contribution is -2.52. The van der Waals surface area contributed by atoms with Crippen molar-refractivity contribution in [1.29, 1.82) is 0 Å². The van der Waals surface area contributed by atoms with Crippen LogP contribution in [0.2, 0.25) is 0 Å². The van der Waals surface area contributed by atoms with Crippen LogP contribution in [-0.4, -0.2) is 27.5 Å². The number of thioether (sulfide) groups is 1. The topological polar surface area (TPSA) is 49.4 Å². The summed E-state index contributed by atoms with van der Waals surface area (Å²) in [5.74, 6) is -0.136. The molecule has 0 aliphatic carbocycles. The third-order valence-corrected chi connectivity index (χ3v) is 6.39. The molecule has 5 heteroatoms. The summed E-state index contributed by atoms with van der Waals surface area (Å²) in [7, 11) is 0. The van der Waals surface area contributed by atoms with Gasteiger partial charge in [0, 0.05) is 16.9 Å². The molecule has 4 rings (SSSR count). The summed E-state index contributed by atoms with van der Waals surface area (Å²) in [6.07, 6.45) is 0. The van der Waals surface area contributed by atoms with Gasteiger partial charge in [0.15, 0.2) is 0 Å². The maximum absolute atomic E-state index is 13.0. The zero-order chi connectivity index (χ0) is 17.6. The monoisotopic (exact) mass is 352 g/mol. The Morgan fingerprint density at radius 3 is 2.56 bits per heavy atom. The first-order chi connectivity index (χ1) is 12.0. The maximum atomic E-state index is 13.0. The SMILES string of the molecule is CC1(C)S[C@H]2c3ccccc3C(=O)N2[C@H]1C(=O)NCc1ccccc1. The normalized spacial score (nSPS) is 23.3.